The summed E-state index contributed by atoms with van der Waals surface area (Å²) >= 11 is 0. The van der Waals surface area contributed by atoms with E-state index in [0.29, 0.717) is 19.5 Å². The normalized spacial score (nSPS) is 19.9. The Morgan fingerprint density at radius 2 is 2.12 bits per heavy atom. The van der Waals surface area contributed by atoms with Gasteiger partial charge in [0, 0.05) is 19.0 Å². The second-order valence-electron chi connectivity index (χ2n) is 5.26. The lowest BCUT2D eigenvalue weighted by atomic mass is 10.0. The van der Waals surface area contributed by atoms with Crippen molar-refractivity contribution < 1.29 is 14.3 Å². The molecule has 94 valence electrons. The van der Waals surface area contributed by atoms with Crippen molar-refractivity contribution in [3.63, 3.8) is 0 Å². The van der Waals surface area contributed by atoms with E-state index >= 15 is 0 Å². The van der Waals surface area contributed by atoms with Crippen LogP contribution in [-0.4, -0.2) is 35.5 Å². The van der Waals surface area contributed by atoms with E-state index < -0.39 is 5.60 Å². The Morgan fingerprint density at radius 1 is 1.47 bits per heavy atom. The second-order valence-corrected chi connectivity index (χ2v) is 5.26. The Kier molecular flexibility index (Phi) is 4.17. The number of hydrogen-bond donors (Lipinski definition) is 0. The van der Waals surface area contributed by atoms with Gasteiger partial charge in [-0.1, -0.05) is 5.92 Å². The van der Waals surface area contributed by atoms with Gasteiger partial charge < -0.3 is 9.64 Å². The van der Waals surface area contributed by atoms with Crippen LogP contribution in [0.25, 0.3) is 0 Å². The molecule has 4 nitrogen and oxygen atoms in total. The number of rotatable bonds is 2. The third-order valence-electron chi connectivity index (χ3n) is 2.57. The maximum Gasteiger partial charge on any atom is 0.410 e. The quantitative estimate of drug-likeness (QED) is 0.688. The lowest BCUT2D eigenvalue weighted by molar-refractivity contribution is -0.121. The average molecular weight is 237 g/mol. The molecule has 0 spiro atoms. The molecule has 0 N–H and O–H groups in total. The first-order valence-electron chi connectivity index (χ1n) is 5.77. The maximum atomic E-state index is 11.7. The van der Waals surface area contributed by atoms with Crippen molar-refractivity contribution in [3.05, 3.63) is 0 Å². The van der Waals surface area contributed by atoms with Gasteiger partial charge in [-0.3, -0.25) is 4.79 Å². The van der Waals surface area contributed by atoms with Crippen LogP contribution in [0.3, 0.4) is 0 Å². The minimum Gasteiger partial charge on any atom is -0.444 e. The zero-order valence-corrected chi connectivity index (χ0v) is 10.7. The number of carbonyl (C=O) groups is 2. The fraction of sp³-hybridized carbons (Fsp3) is 0.692. The van der Waals surface area contributed by atoms with Crippen molar-refractivity contribution in [1.29, 1.82) is 0 Å². The first kappa shape index (κ1) is 13.6. The van der Waals surface area contributed by atoms with Crippen LogP contribution < -0.4 is 0 Å². The summed E-state index contributed by atoms with van der Waals surface area (Å²) in [7, 11) is 0. The molecule has 1 fully saturated rings. The number of Topliss-reactive ketones (excluding diaryl/α,β-unsaturated/α-hetero) is 1. The molecule has 1 unspecified atom stereocenters. The van der Waals surface area contributed by atoms with Crippen molar-refractivity contribution in [2.75, 3.05) is 13.1 Å². The molecule has 17 heavy (non-hydrogen) atoms. The van der Waals surface area contributed by atoms with Crippen LogP contribution in [0.15, 0.2) is 0 Å². The van der Waals surface area contributed by atoms with E-state index in [1.54, 1.807) is 4.90 Å². The number of carbonyl (C=O) groups excluding carboxylic acids is 2. The number of ether oxygens (including phenoxy) is 1. The highest BCUT2D eigenvalue weighted by Gasteiger charge is 2.32. The smallest absolute Gasteiger partial charge is 0.410 e. The molecule has 0 aliphatic carbocycles. The highest BCUT2D eigenvalue weighted by Crippen LogP contribution is 2.20. The van der Waals surface area contributed by atoms with Gasteiger partial charge in [-0.2, -0.15) is 0 Å². The average Bonchev–Trinajstić information content (AvgIpc) is 2.63. The van der Waals surface area contributed by atoms with Crippen LogP contribution >= 0.6 is 0 Å². The molecule has 1 rings (SSSR count). The minimum absolute atomic E-state index is 0.0403. The van der Waals surface area contributed by atoms with Crippen molar-refractivity contribution in [2.45, 2.75) is 39.2 Å². The Hall–Kier alpha value is -1.50. The van der Waals surface area contributed by atoms with E-state index in [9.17, 15) is 9.59 Å². The zero-order valence-electron chi connectivity index (χ0n) is 10.7. The predicted octanol–water partition coefficient (Wildman–Crippen LogP) is 1.84. The van der Waals surface area contributed by atoms with E-state index in [1.165, 1.54) is 0 Å². The van der Waals surface area contributed by atoms with E-state index in [0.717, 1.165) is 0 Å². The van der Waals surface area contributed by atoms with E-state index in [2.05, 4.69) is 5.92 Å². The minimum atomic E-state index is -0.502. The van der Waals surface area contributed by atoms with Gasteiger partial charge in [0.05, 0.1) is 6.42 Å². The highest BCUT2D eigenvalue weighted by atomic mass is 16.6. The van der Waals surface area contributed by atoms with Gasteiger partial charge in [-0.15, -0.1) is 6.42 Å². The number of amides is 1. The summed E-state index contributed by atoms with van der Waals surface area (Å²) in [5.74, 6) is 2.26. The highest BCUT2D eigenvalue weighted by molar-refractivity contribution is 5.84. The summed E-state index contributed by atoms with van der Waals surface area (Å²) in [6, 6.07) is 0. The molecule has 0 saturated carbocycles. The largest absolute Gasteiger partial charge is 0.444 e. The number of terminal acetylenes is 1. The Labute approximate surface area is 102 Å². The third-order valence-corrected chi connectivity index (χ3v) is 2.57. The summed E-state index contributed by atoms with van der Waals surface area (Å²) in [4.78, 5) is 24.9. The number of ketones is 1. The predicted molar refractivity (Wildman–Crippen MR) is 64.4 cm³/mol. The van der Waals surface area contributed by atoms with Crippen molar-refractivity contribution >= 4 is 11.9 Å². The molecule has 0 radical (unpaired) electrons. The molecule has 1 amide bonds. The van der Waals surface area contributed by atoms with Crippen LogP contribution in [0.5, 0.6) is 0 Å². The third kappa shape index (κ3) is 4.10. The summed E-state index contributed by atoms with van der Waals surface area (Å²) < 4.78 is 5.25. The molecule has 1 saturated heterocycles. The van der Waals surface area contributed by atoms with E-state index in [1.807, 2.05) is 20.8 Å². The van der Waals surface area contributed by atoms with Crippen molar-refractivity contribution in [2.24, 2.45) is 5.92 Å². The molecule has 1 heterocycles. The van der Waals surface area contributed by atoms with Gasteiger partial charge in [-0.25, -0.2) is 4.79 Å². The van der Waals surface area contributed by atoms with Crippen LogP contribution in [0, 0.1) is 18.3 Å². The number of likely N-dealkylation sites (tertiary alicyclic amines) is 1. The van der Waals surface area contributed by atoms with E-state index in [4.69, 9.17) is 11.2 Å². The molecule has 4 heteroatoms. The molecular weight excluding hydrogens is 218 g/mol. The fourth-order valence-electron chi connectivity index (χ4n) is 1.76. The summed E-state index contributed by atoms with van der Waals surface area (Å²) in [6.07, 6.45) is 5.57. The first-order valence-corrected chi connectivity index (χ1v) is 5.77. The fourth-order valence-corrected chi connectivity index (χ4v) is 1.76. The Balaban J connectivity index is 2.48. The van der Waals surface area contributed by atoms with Gasteiger partial charge in [0.1, 0.15) is 11.4 Å². The van der Waals surface area contributed by atoms with Crippen LogP contribution in [-0.2, 0) is 9.53 Å². The number of nitrogens with zero attached hydrogens (tertiary/aromatic N) is 1. The summed E-state index contributed by atoms with van der Waals surface area (Å²) in [5.41, 5.74) is -0.502. The second kappa shape index (κ2) is 5.22. The summed E-state index contributed by atoms with van der Waals surface area (Å²) in [6.45, 7) is 6.46. The van der Waals surface area contributed by atoms with Gasteiger partial charge in [-0.05, 0) is 27.2 Å². The van der Waals surface area contributed by atoms with Crippen molar-refractivity contribution in [3.8, 4) is 12.3 Å². The molecule has 1 aliphatic rings. The van der Waals surface area contributed by atoms with Crippen LogP contribution in [0.1, 0.15) is 33.6 Å². The molecular formula is C13H19NO3. The molecule has 0 aromatic carbocycles. The zero-order chi connectivity index (χ0) is 13.1. The van der Waals surface area contributed by atoms with Gasteiger partial charge in [0.25, 0.3) is 0 Å². The van der Waals surface area contributed by atoms with Crippen molar-refractivity contribution in [1.82, 2.24) is 4.90 Å². The van der Waals surface area contributed by atoms with Crippen LogP contribution in [0.2, 0.25) is 0 Å². The molecule has 0 aromatic rings. The first-order chi connectivity index (χ1) is 7.83. The molecule has 0 bridgehead atoms. The SMILES string of the molecule is C#CCC(=O)C1CCN(C(=O)OC(C)(C)C)C1. The molecule has 1 aliphatic heterocycles. The summed E-state index contributed by atoms with van der Waals surface area (Å²) in [5, 5.41) is 0. The molecule has 1 atom stereocenters. The monoisotopic (exact) mass is 237 g/mol. The lowest BCUT2D eigenvalue weighted by Gasteiger charge is -2.24. The maximum absolute atomic E-state index is 11.7. The number of hydrogen-bond acceptors (Lipinski definition) is 3. The Bertz CT molecular complexity index is 349. The standard InChI is InChI=1S/C13H19NO3/c1-5-6-11(15)10-7-8-14(9-10)12(16)17-13(2,3)4/h1,10H,6-9H2,2-4H3. The Morgan fingerprint density at radius 3 is 2.65 bits per heavy atom. The van der Waals surface area contributed by atoms with Crippen LogP contribution in [0.4, 0.5) is 4.79 Å². The van der Waals surface area contributed by atoms with Gasteiger partial charge in [0.15, 0.2) is 0 Å². The van der Waals surface area contributed by atoms with Gasteiger partial charge >= 0.3 is 6.09 Å². The molecule has 0 aromatic heterocycles. The van der Waals surface area contributed by atoms with E-state index in [-0.39, 0.29) is 24.2 Å². The topological polar surface area (TPSA) is 46.6 Å². The van der Waals surface area contributed by atoms with Gasteiger partial charge in [0.2, 0.25) is 0 Å². The lowest BCUT2D eigenvalue weighted by Crippen LogP contribution is -2.35.